The van der Waals surface area contributed by atoms with Gasteiger partial charge in [-0.2, -0.15) is 0 Å². The van der Waals surface area contributed by atoms with Crippen LogP contribution in [-0.2, 0) is 19.1 Å². The topological polar surface area (TPSA) is 101 Å². The monoisotopic (exact) mass is 386 g/mol. The standard InChI is InChI=1S/C22H26O6/c1-9-6-7-21(5)14(11(9)3)16(24)18(28-12(4)23)13-15(21)17(25)20(27)22(19(13)26)8-10(22)2/h10,14,16,18,20,24,27H,1,3,6-8H2,2,4-5H3/t10-,14+,16-,18-,20-,21-,22-/m0/s1. The highest BCUT2D eigenvalue weighted by Gasteiger charge is 2.71. The minimum atomic E-state index is -1.40. The van der Waals surface area contributed by atoms with Crippen molar-refractivity contribution in [3.8, 4) is 0 Å². The van der Waals surface area contributed by atoms with E-state index in [0.29, 0.717) is 24.8 Å². The second-order valence-electron chi connectivity index (χ2n) is 9.07. The van der Waals surface area contributed by atoms with Crippen LogP contribution in [0, 0.1) is 22.7 Å². The maximum absolute atomic E-state index is 13.5. The molecule has 2 saturated carbocycles. The molecule has 7 atom stereocenters. The van der Waals surface area contributed by atoms with E-state index < -0.39 is 46.8 Å². The van der Waals surface area contributed by atoms with Crippen LogP contribution in [0.2, 0.25) is 0 Å². The number of esters is 1. The Labute approximate surface area is 163 Å². The maximum atomic E-state index is 13.5. The van der Waals surface area contributed by atoms with Crippen molar-refractivity contribution in [2.75, 3.05) is 0 Å². The number of hydrogen-bond donors (Lipinski definition) is 2. The van der Waals surface area contributed by atoms with Crippen LogP contribution in [0.15, 0.2) is 35.5 Å². The van der Waals surface area contributed by atoms with Crippen molar-refractivity contribution in [2.24, 2.45) is 22.7 Å². The molecule has 6 nitrogen and oxygen atoms in total. The summed E-state index contributed by atoms with van der Waals surface area (Å²) in [6.07, 6.45) is -2.39. The number of aliphatic hydroxyl groups is 2. The van der Waals surface area contributed by atoms with Crippen molar-refractivity contribution in [1.82, 2.24) is 0 Å². The van der Waals surface area contributed by atoms with Gasteiger partial charge in [-0.1, -0.05) is 32.6 Å². The molecule has 0 radical (unpaired) electrons. The predicted octanol–water partition coefficient (Wildman–Crippen LogP) is 1.66. The molecule has 28 heavy (non-hydrogen) atoms. The predicted molar refractivity (Wildman–Crippen MR) is 99.9 cm³/mol. The summed E-state index contributed by atoms with van der Waals surface area (Å²) in [7, 11) is 0. The van der Waals surface area contributed by atoms with Crippen molar-refractivity contribution in [1.29, 1.82) is 0 Å². The Bertz CT molecular complexity index is 881. The van der Waals surface area contributed by atoms with Crippen molar-refractivity contribution < 1.29 is 29.3 Å². The summed E-state index contributed by atoms with van der Waals surface area (Å²) >= 11 is 0. The third-order valence-corrected chi connectivity index (χ3v) is 7.54. The zero-order valence-corrected chi connectivity index (χ0v) is 16.4. The molecule has 6 heteroatoms. The molecule has 0 bridgehead atoms. The van der Waals surface area contributed by atoms with Crippen molar-refractivity contribution in [2.45, 2.75) is 58.3 Å². The van der Waals surface area contributed by atoms with Gasteiger partial charge in [0.05, 0.1) is 5.41 Å². The van der Waals surface area contributed by atoms with Gasteiger partial charge in [-0.3, -0.25) is 14.4 Å². The van der Waals surface area contributed by atoms with E-state index in [0.717, 1.165) is 5.57 Å². The molecular formula is C22H26O6. The summed E-state index contributed by atoms with van der Waals surface area (Å²) in [5.74, 6) is -2.27. The van der Waals surface area contributed by atoms with E-state index in [2.05, 4.69) is 13.2 Å². The fourth-order valence-corrected chi connectivity index (χ4v) is 5.85. The van der Waals surface area contributed by atoms with E-state index in [4.69, 9.17) is 4.74 Å². The largest absolute Gasteiger partial charge is 0.455 e. The van der Waals surface area contributed by atoms with Crippen molar-refractivity contribution in [3.63, 3.8) is 0 Å². The lowest BCUT2D eigenvalue weighted by Crippen LogP contribution is -2.60. The van der Waals surface area contributed by atoms with Crippen LogP contribution in [0.1, 0.15) is 40.0 Å². The summed E-state index contributed by atoms with van der Waals surface area (Å²) < 4.78 is 5.39. The number of aliphatic hydroxyl groups excluding tert-OH is 2. The second-order valence-corrected chi connectivity index (χ2v) is 9.07. The Morgan fingerprint density at radius 2 is 1.86 bits per heavy atom. The Balaban J connectivity index is 1.98. The zero-order valence-electron chi connectivity index (χ0n) is 16.4. The van der Waals surface area contributed by atoms with Gasteiger partial charge in [0.2, 0.25) is 0 Å². The Hall–Kier alpha value is -2.05. The molecule has 0 saturated heterocycles. The van der Waals surface area contributed by atoms with Crippen LogP contribution < -0.4 is 0 Å². The van der Waals surface area contributed by atoms with Crippen LogP contribution in [0.4, 0.5) is 0 Å². The molecule has 2 N–H and O–H groups in total. The molecular weight excluding hydrogens is 360 g/mol. The highest BCUT2D eigenvalue weighted by atomic mass is 16.6. The van der Waals surface area contributed by atoms with E-state index >= 15 is 0 Å². The first-order chi connectivity index (χ1) is 13.0. The summed E-state index contributed by atoms with van der Waals surface area (Å²) in [5, 5.41) is 22.0. The molecule has 4 aliphatic rings. The zero-order chi connectivity index (χ0) is 20.8. The number of carbonyl (C=O) groups is 3. The molecule has 0 aromatic carbocycles. The quantitative estimate of drug-likeness (QED) is 0.665. The first-order valence-corrected chi connectivity index (χ1v) is 9.72. The lowest BCUT2D eigenvalue weighted by molar-refractivity contribution is -0.159. The molecule has 0 aromatic heterocycles. The molecule has 0 amide bonds. The average Bonchev–Trinajstić information content (AvgIpc) is 3.29. The Morgan fingerprint density at radius 1 is 1.25 bits per heavy atom. The van der Waals surface area contributed by atoms with Crippen LogP contribution in [0.25, 0.3) is 0 Å². The summed E-state index contributed by atoms with van der Waals surface area (Å²) in [5.41, 5.74) is -0.399. The van der Waals surface area contributed by atoms with Gasteiger partial charge < -0.3 is 14.9 Å². The molecule has 1 spiro atoms. The molecule has 0 aliphatic heterocycles. The Kier molecular flexibility index (Phi) is 3.95. The van der Waals surface area contributed by atoms with Crippen LogP contribution in [-0.4, -0.2) is 46.1 Å². The average molecular weight is 386 g/mol. The molecule has 0 unspecified atom stereocenters. The van der Waals surface area contributed by atoms with Gasteiger partial charge in [-0.25, -0.2) is 0 Å². The minimum Gasteiger partial charge on any atom is -0.455 e. The van der Waals surface area contributed by atoms with Gasteiger partial charge in [0.1, 0.15) is 12.2 Å². The lowest BCUT2D eigenvalue weighted by Gasteiger charge is -2.54. The smallest absolute Gasteiger partial charge is 0.303 e. The van der Waals surface area contributed by atoms with Gasteiger partial charge >= 0.3 is 5.97 Å². The van der Waals surface area contributed by atoms with Gasteiger partial charge in [0, 0.05) is 29.4 Å². The summed E-state index contributed by atoms with van der Waals surface area (Å²) in [6.45, 7) is 12.9. The van der Waals surface area contributed by atoms with Crippen LogP contribution >= 0.6 is 0 Å². The van der Waals surface area contributed by atoms with Crippen molar-refractivity contribution in [3.05, 3.63) is 35.5 Å². The number of rotatable bonds is 1. The SMILES string of the molecule is C=C1CC[C@]2(C)C3=C(C(=O)[C@@]4(C[C@@H]4C)[C@@H](O)C3=O)[C@H](OC(C)=O)[C@@H](O)[C@H]2C1=C. The number of Topliss-reactive ketones (excluding diaryl/α,β-unsaturated/α-hetero) is 2. The van der Waals surface area contributed by atoms with E-state index in [1.165, 1.54) is 6.92 Å². The summed E-state index contributed by atoms with van der Waals surface area (Å²) in [4.78, 5) is 38.6. The van der Waals surface area contributed by atoms with Crippen LogP contribution in [0.3, 0.4) is 0 Å². The lowest BCUT2D eigenvalue weighted by atomic mass is 9.50. The third-order valence-electron chi connectivity index (χ3n) is 7.54. The van der Waals surface area contributed by atoms with E-state index in [1.807, 2.05) is 13.8 Å². The van der Waals surface area contributed by atoms with Gasteiger partial charge in [-0.15, -0.1) is 0 Å². The molecule has 0 aromatic rings. The number of ether oxygens (including phenoxy) is 1. The minimum absolute atomic E-state index is 0.0708. The molecule has 150 valence electrons. The van der Waals surface area contributed by atoms with Gasteiger partial charge in [0.25, 0.3) is 0 Å². The first-order valence-electron chi connectivity index (χ1n) is 9.72. The first kappa shape index (κ1) is 19.3. The van der Waals surface area contributed by atoms with Crippen LogP contribution in [0.5, 0.6) is 0 Å². The van der Waals surface area contributed by atoms with Crippen molar-refractivity contribution >= 4 is 17.5 Å². The highest BCUT2D eigenvalue weighted by Crippen LogP contribution is 2.65. The second kappa shape index (κ2) is 5.74. The molecule has 0 heterocycles. The van der Waals surface area contributed by atoms with E-state index in [1.54, 1.807) is 0 Å². The summed E-state index contributed by atoms with van der Waals surface area (Å²) in [6, 6.07) is 0. The maximum Gasteiger partial charge on any atom is 0.303 e. The Morgan fingerprint density at radius 3 is 2.39 bits per heavy atom. The third kappa shape index (κ3) is 2.13. The highest BCUT2D eigenvalue weighted by molar-refractivity contribution is 6.19. The number of allylic oxidation sites excluding steroid dienone is 1. The number of carbonyl (C=O) groups excluding carboxylic acids is 3. The fourth-order valence-electron chi connectivity index (χ4n) is 5.85. The molecule has 4 aliphatic carbocycles. The number of hydrogen-bond acceptors (Lipinski definition) is 6. The number of fused-ring (bicyclic) bond motifs is 2. The fraction of sp³-hybridized carbons (Fsp3) is 0.591. The van der Waals surface area contributed by atoms with E-state index in [9.17, 15) is 24.6 Å². The van der Waals surface area contributed by atoms with E-state index in [-0.39, 0.29) is 22.8 Å². The molecule has 2 fully saturated rings. The number of ketones is 2. The van der Waals surface area contributed by atoms with Gasteiger partial charge in [-0.05, 0) is 30.8 Å². The molecule has 4 rings (SSSR count). The normalized spacial score (nSPS) is 45.1. The van der Waals surface area contributed by atoms with Gasteiger partial charge in [0.15, 0.2) is 17.7 Å².